The van der Waals surface area contributed by atoms with Crippen LogP contribution >= 0.6 is 11.3 Å². The maximum atomic E-state index is 5.56. The topological polar surface area (TPSA) is 51.4 Å². The van der Waals surface area contributed by atoms with E-state index in [9.17, 15) is 0 Å². The highest BCUT2D eigenvalue weighted by molar-refractivity contribution is 7.08. The molecule has 2 saturated heterocycles. The lowest BCUT2D eigenvalue weighted by Gasteiger charge is -2.33. The van der Waals surface area contributed by atoms with Gasteiger partial charge in [0, 0.05) is 30.2 Å². The average molecular weight is 305 g/mol. The van der Waals surface area contributed by atoms with Crippen molar-refractivity contribution < 1.29 is 9.26 Å². The summed E-state index contributed by atoms with van der Waals surface area (Å²) in [6, 6.07) is 2.92. The number of nitrogens with zero attached hydrogens (tertiary/aromatic N) is 3. The Hall–Kier alpha value is -1.24. The number of hydrogen-bond donors (Lipinski definition) is 0. The second-order valence-corrected chi connectivity index (χ2v) is 6.49. The van der Waals surface area contributed by atoms with Crippen LogP contribution in [0.25, 0.3) is 11.4 Å². The first-order chi connectivity index (χ1) is 10.4. The predicted molar refractivity (Wildman–Crippen MR) is 80.1 cm³/mol. The normalized spacial score (nSPS) is 24.7. The highest BCUT2D eigenvalue weighted by Crippen LogP contribution is 2.35. The molecule has 5 nitrogen and oxygen atoms in total. The van der Waals surface area contributed by atoms with Crippen molar-refractivity contribution in [1.29, 1.82) is 0 Å². The van der Waals surface area contributed by atoms with E-state index in [1.807, 2.05) is 11.4 Å². The summed E-state index contributed by atoms with van der Waals surface area (Å²) in [6.07, 6.45) is 4.55. The maximum absolute atomic E-state index is 5.56. The summed E-state index contributed by atoms with van der Waals surface area (Å²) >= 11 is 1.65. The number of thiophene rings is 1. The fourth-order valence-electron chi connectivity index (χ4n) is 3.39. The third kappa shape index (κ3) is 2.63. The first kappa shape index (κ1) is 13.4. The lowest BCUT2D eigenvalue weighted by atomic mass is 10.1. The highest BCUT2D eigenvalue weighted by atomic mass is 32.1. The summed E-state index contributed by atoms with van der Waals surface area (Å²) in [5.41, 5.74) is 1.05. The van der Waals surface area contributed by atoms with E-state index in [4.69, 9.17) is 9.26 Å². The van der Waals surface area contributed by atoms with Crippen molar-refractivity contribution in [2.24, 2.45) is 0 Å². The largest absolute Gasteiger partial charge is 0.381 e. The summed E-state index contributed by atoms with van der Waals surface area (Å²) in [4.78, 5) is 7.18. The molecule has 0 spiro atoms. The third-order valence-electron chi connectivity index (χ3n) is 4.46. The maximum Gasteiger partial charge on any atom is 0.244 e. The van der Waals surface area contributed by atoms with E-state index in [1.54, 1.807) is 11.3 Å². The van der Waals surface area contributed by atoms with Crippen molar-refractivity contribution in [2.75, 3.05) is 19.8 Å². The molecular weight excluding hydrogens is 286 g/mol. The first-order valence-electron chi connectivity index (χ1n) is 7.61. The molecule has 0 radical (unpaired) electrons. The Balaban J connectivity index is 1.54. The Bertz CT molecular complexity index is 578. The molecule has 4 heterocycles. The minimum absolute atomic E-state index is 0.285. The van der Waals surface area contributed by atoms with Gasteiger partial charge in [0.1, 0.15) is 0 Å². The van der Waals surface area contributed by atoms with Gasteiger partial charge < -0.3 is 9.26 Å². The molecule has 21 heavy (non-hydrogen) atoms. The molecule has 112 valence electrons. The molecule has 2 aromatic rings. The summed E-state index contributed by atoms with van der Waals surface area (Å²) in [6.45, 7) is 2.88. The van der Waals surface area contributed by atoms with E-state index in [2.05, 4.69) is 20.4 Å². The Morgan fingerprint density at radius 3 is 2.95 bits per heavy atom. The van der Waals surface area contributed by atoms with Crippen molar-refractivity contribution in [3.63, 3.8) is 0 Å². The number of hydrogen-bond acceptors (Lipinski definition) is 6. The minimum Gasteiger partial charge on any atom is -0.381 e. The molecule has 1 unspecified atom stereocenters. The van der Waals surface area contributed by atoms with Gasteiger partial charge in [0.15, 0.2) is 0 Å². The number of ether oxygens (including phenoxy) is 1. The van der Waals surface area contributed by atoms with Gasteiger partial charge in [0.25, 0.3) is 0 Å². The zero-order valence-corrected chi connectivity index (χ0v) is 12.7. The van der Waals surface area contributed by atoms with Gasteiger partial charge in [-0.05, 0) is 43.7 Å². The van der Waals surface area contributed by atoms with Crippen LogP contribution in [0.1, 0.15) is 37.6 Å². The molecule has 0 amide bonds. The third-order valence-corrected chi connectivity index (χ3v) is 5.14. The van der Waals surface area contributed by atoms with E-state index < -0.39 is 0 Å². The number of rotatable bonds is 3. The van der Waals surface area contributed by atoms with Gasteiger partial charge in [0.2, 0.25) is 11.7 Å². The van der Waals surface area contributed by atoms with Crippen LogP contribution in [-0.4, -0.2) is 40.8 Å². The molecule has 0 saturated carbocycles. The first-order valence-corrected chi connectivity index (χ1v) is 8.56. The minimum atomic E-state index is 0.285. The van der Waals surface area contributed by atoms with Crippen molar-refractivity contribution in [3.8, 4) is 11.4 Å². The lowest BCUT2D eigenvalue weighted by Crippen LogP contribution is -2.39. The molecule has 0 aliphatic carbocycles. The van der Waals surface area contributed by atoms with Crippen LogP contribution in [-0.2, 0) is 4.74 Å². The van der Waals surface area contributed by atoms with E-state index >= 15 is 0 Å². The zero-order valence-electron chi connectivity index (χ0n) is 11.9. The molecule has 0 N–H and O–H groups in total. The number of aromatic nitrogens is 2. The van der Waals surface area contributed by atoms with Crippen molar-refractivity contribution in [1.82, 2.24) is 15.0 Å². The quantitative estimate of drug-likeness (QED) is 0.872. The van der Waals surface area contributed by atoms with Gasteiger partial charge in [-0.1, -0.05) is 5.16 Å². The smallest absolute Gasteiger partial charge is 0.244 e. The zero-order chi connectivity index (χ0) is 14.1. The highest BCUT2D eigenvalue weighted by Gasteiger charge is 2.35. The summed E-state index contributed by atoms with van der Waals surface area (Å²) in [5, 5.41) is 8.24. The van der Waals surface area contributed by atoms with Gasteiger partial charge in [-0.15, -0.1) is 0 Å². The molecule has 6 heteroatoms. The standard InChI is InChI=1S/C15H19N3O2S/c1-2-13(18(6-1)12-3-7-19-8-4-12)15-16-14(17-20-15)11-5-9-21-10-11/h5,9-10,12-13H,1-4,6-8H2. The van der Waals surface area contributed by atoms with Gasteiger partial charge in [-0.25, -0.2) is 0 Å². The average Bonchev–Trinajstić information content (AvgIpc) is 3.27. The van der Waals surface area contributed by atoms with Crippen molar-refractivity contribution >= 4 is 11.3 Å². The van der Waals surface area contributed by atoms with Crippen LogP contribution in [0.15, 0.2) is 21.3 Å². The summed E-state index contributed by atoms with van der Waals surface area (Å²) < 4.78 is 11.0. The SMILES string of the molecule is c1cc(-c2noc(C3CCCN3C3CCOCC3)n2)cs1. The molecule has 1 atom stereocenters. The monoisotopic (exact) mass is 305 g/mol. The van der Waals surface area contributed by atoms with Crippen LogP contribution in [0, 0.1) is 0 Å². The molecule has 2 fully saturated rings. The fraction of sp³-hybridized carbons (Fsp3) is 0.600. The summed E-state index contributed by atoms with van der Waals surface area (Å²) in [5.74, 6) is 1.49. The number of likely N-dealkylation sites (tertiary alicyclic amines) is 1. The fourth-order valence-corrected chi connectivity index (χ4v) is 4.02. The van der Waals surface area contributed by atoms with Gasteiger partial charge in [-0.3, -0.25) is 4.90 Å². The Kier molecular flexibility index (Phi) is 3.75. The molecule has 0 bridgehead atoms. The van der Waals surface area contributed by atoms with Crippen LogP contribution < -0.4 is 0 Å². The second-order valence-electron chi connectivity index (χ2n) is 5.71. The van der Waals surface area contributed by atoms with Crippen LogP contribution in [0.5, 0.6) is 0 Å². The molecule has 4 rings (SSSR count). The van der Waals surface area contributed by atoms with Crippen LogP contribution in [0.3, 0.4) is 0 Å². The van der Waals surface area contributed by atoms with E-state index in [1.165, 1.54) is 6.42 Å². The Morgan fingerprint density at radius 2 is 2.14 bits per heavy atom. The van der Waals surface area contributed by atoms with Gasteiger partial charge in [-0.2, -0.15) is 16.3 Å². The lowest BCUT2D eigenvalue weighted by molar-refractivity contribution is 0.0243. The van der Waals surface area contributed by atoms with E-state index in [-0.39, 0.29) is 6.04 Å². The Labute approximate surface area is 127 Å². The predicted octanol–water partition coefficient (Wildman–Crippen LogP) is 3.11. The summed E-state index contributed by atoms with van der Waals surface area (Å²) in [7, 11) is 0. The Morgan fingerprint density at radius 1 is 1.24 bits per heavy atom. The molecule has 2 aliphatic heterocycles. The van der Waals surface area contributed by atoms with Crippen molar-refractivity contribution in [2.45, 2.75) is 37.8 Å². The second kappa shape index (κ2) is 5.87. The molecule has 2 aliphatic rings. The molecular formula is C15H19N3O2S. The molecule has 2 aromatic heterocycles. The van der Waals surface area contributed by atoms with Crippen molar-refractivity contribution in [3.05, 3.63) is 22.7 Å². The van der Waals surface area contributed by atoms with Crippen LogP contribution in [0.2, 0.25) is 0 Å². The van der Waals surface area contributed by atoms with Gasteiger partial charge in [0.05, 0.1) is 6.04 Å². The van der Waals surface area contributed by atoms with Crippen LogP contribution in [0.4, 0.5) is 0 Å². The van der Waals surface area contributed by atoms with E-state index in [0.29, 0.717) is 11.9 Å². The van der Waals surface area contributed by atoms with Gasteiger partial charge >= 0.3 is 0 Å². The molecule has 0 aromatic carbocycles. The van der Waals surface area contributed by atoms with E-state index in [0.717, 1.165) is 50.5 Å².